The minimum Gasteiger partial charge on any atom is -0.352 e. The molecule has 0 amide bonds. The number of thiazole rings is 3. The molecule has 0 aliphatic carbocycles. The zero-order valence-electron chi connectivity index (χ0n) is 73.3. The maximum absolute atomic E-state index is 4.96. The Hall–Kier alpha value is -15.5. The van der Waals surface area contributed by atoms with E-state index < -0.39 is 0 Å². The van der Waals surface area contributed by atoms with E-state index in [9.17, 15) is 0 Å². The third-order valence-corrected chi connectivity index (χ3v) is 29.0. The number of fused-ring (bicyclic) bond motifs is 21. The molecule has 0 radical (unpaired) electrons. The van der Waals surface area contributed by atoms with E-state index in [-0.39, 0.29) is 63.2 Å². The fraction of sp³-hybridized carbons (Fsp3) is 0. The minimum absolute atomic E-state index is 0. The Bertz CT molecular complexity index is 9620. The molecule has 0 saturated heterocycles. The molecule has 13 nitrogen and oxygen atoms in total. The first-order valence-electron chi connectivity index (χ1n) is 44.9. The summed E-state index contributed by atoms with van der Waals surface area (Å²) in [5.41, 5.74) is 25.8. The Morgan fingerprint density at radius 3 is 0.784 bits per heavy atom. The zero-order valence-corrected chi connectivity index (χ0v) is 82.6. The van der Waals surface area contributed by atoms with Crippen molar-refractivity contribution >= 4 is 187 Å². The number of rotatable bonds is 12. The van der Waals surface area contributed by atoms with Crippen molar-refractivity contribution in [1.29, 1.82) is 0 Å². The van der Waals surface area contributed by atoms with E-state index in [1.54, 1.807) is 34.0 Å². The molecule has 13 aromatic heterocycles. The summed E-state index contributed by atoms with van der Waals surface area (Å²) in [6, 6.07) is 156. The summed E-state index contributed by atoms with van der Waals surface area (Å²) >= 11 is 5.05. The standard InChI is InChI=1S/C44H25N5S.2C38H22N4S.3Pt/c1-5-18-37-33(15-1)35-23-22-28(44-46-27-42(50-44)49-39-20-7-2-13-31(39)32-14-3-8-21-40(32)49)25-41(35)47(37)29-11-9-12-30(26-29)48-38-19-6-4-16-34(38)36-17-10-24-45-43(36)48;1-4-16-33-30(14-1)31-20-19-25(32-15-7-8-21-39-32)23-36(31)41(33)27-11-9-10-26(22-27)38-40-24-37(43-38)42-34-17-5-2-12-28(34)29-13-3-6-18-35(29)42;1-4-16-33-30(14-1)31-20-19-26(23-36(31)41(33)27-11-9-10-25(22-27)32-15-7-8-21-39-32)38-40-24-37(43-38)42-34-17-5-2-12-28(34)29-13-3-6-18-35(29)42;;;/h1-24,27H;2*1-21,24H;;;/q3*-2;3*+2. The average molecular weight is 2370 g/mol. The molecule has 0 N–H and O–H groups in total. The van der Waals surface area contributed by atoms with Crippen molar-refractivity contribution in [3.05, 3.63) is 456 Å². The monoisotopic (exact) mass is 2370 g/mol. The predicted octanol–water partition coefficient (Wildman–Crippen LogP) is 30.4. The zero-order chi connectivity index (χ0) is 89.4. The van der Waals surface area contributed by atoms with Gasteiger partial charge < -0.3 is 28.2 Å². The molecule has 0 aliphatic heterocycles. The average Bonchev–Trinajstić information content (AvgIpc) is 1.58. The molecule has 0 spiro atoms. The van der Waals surface area contributed by atoms with Crippen molar-refractivity contribution in [2.24, 2.45) is 0 Å². The largest absolute Gasteiger partial charge is 2.00 e. The SMILES string of the molecule is [Pt+2].[Pt+2].[Pt+2].[c-]1c(-c2ccccn2)cccc1-n1c2[c-]c(-c3ncc(-n4c5ccccc5c5ccccc54)s3)ccc2c2ccccc21.[c-]1c(-c2ncc(-n3c4ccccc4c4ccccc43)s2)cccc1-n1c2[c-]c(-c3ccccn3)ccc2c2ccccc21.[c-]1c(-n2c3[c-]c(-c4ncc(-n5c6ccccc6c6ccccc65)s4)ccc3c3ccccc32)cccc1-n1c2ccccc2c2cccnc21. The molecular formula is C120H69N13Pt3S3. The summed E-state index contributed by atoms with van der Waals surface area (Å²) in [7, 11) is 0. The van der Waals surface area contributed by atoms with Crippen LogP contribution >= 0.6 is 34.0 Å². The van der Waals surface area contributed by atoms with E-state index in [1.165, 1.54) is 87.0 Å². The van der Waals surface area contributed by atoms with Crippen molar-refractivity contribution in [1.82, 2.24) is 61.9 Å². The smallest absolute Gasteiger partial charge is 0.352 e. The number of para-hydroxylation sites is 10. The van der Waals surface area contributed by atoms with Crippen molar-refractivity contribution < 1.29 is 63.2 Å². The van der Waals surface area contributed by atoms with Gasteiger partial charge in [0.2, 0.25) is 0 Å². The summed E-state index contributed by atoms with van der Waals surface area (Å²) in [6.45, 7) is 0. The van der Waals surface area contributed by atoms with Crippen molar-refractivity contribution in [3.8, 4) is 92.0 Å². The number of pyridine rings is 3. The normalized spacial score (nSPS) is 11.6. The van der Waals surface area contributed by atoms with Crippen LogP contribution in [-0.2, 0) is 63.2 Å². The van der Waals surface area contributed by atoms with E-state index in [2.05, 4.69) is 418 Å². The molecule has 0 aliphatic rings. The Balaban J connectivity index is 0.000000113. The van der Waals surface area contributed by atoms with Crippen LogP contribution in [-0.4, -0.2) is 61.9 Å². The number of benzene rings is 16. The molecule has 29 aromatic rings. The second kappa shape index (κ2) is 35.9. The van der Waals surface area contributed by atoms with Gasteiger partial charge in [-0.25, -0.2) is 4.98 Å². The van der Waals surface area contributed by atoms with Gasteiger partial charge in [-0.2, -0.15) is 6.07 Å². The Morgan fingerprint density at radius 1 is 0.173 bits per heavy atom. The van der Waals surface area contributed by atoms with Gasteiger partial charge in [0, 0.05) is 93.3 Å². The summed E-state index contributed by atoms with van der Waals surface area (Å²) in [6.07, 6.45) is 11.4. The van der Waals surface area contributed by atoms with E-state index in [0.717, 1.165) is 158 Å². The summed E-state index contributed by atoms with van der Waals surface area (Å²) in [5.74, 6) is 0. The Labute approximate surface area is 851 Å². The first kappa shape index (κ1) is 86.4. The van der Waals surface area contributed by atoms with Crippen LogP contribution in [0.15, 0.2) is 419 Å². The van der Waals surface area contributed by atoms with Gasteiger partial charge in [-0.1, -0.05) is 234 Å². The van der Waals surface area contributed by atoms with Crippen LogP contribution in [0.4, 0.5) is 0 Å². The third kappa shape index (κ3) is 14.6. The molecule has 16 aromatic carbocycles. The van der Waals surface area contributed by atoms with Gasteiger partial charge in [0.05, 0.1) is 57.2 Å². The van der Waals surface area contributed by atoms with Gasteiger partial charge in [0.25, 0.3) is 0 Å². The van der Waals surface area contributed by atoms with E-state index in [1.807, 2.05) is 79.6 Å². The topological polar surface area (TPSA) is 112 Å². The van der Waals surface area contributed by atoms with Crippen molar-refractivity contribution in [2.75, 3.05) is 0 Å². The fourth-order valence-electron chi connectivity index (χ4n) is 20.0. The van der Waals surface area contributed by atoms with Gasteiger partial charge in [0.1, 0.15) is 20.7 Å². The summed E-state index contributed by atoms with van der Waals surface area (Å²) < 4.78 is 16.0. The second-order valence-electron chi connectivity index (χ2n) is 33.6. The summed E-state index contributed by atoms with van der Waals surface area (Å²) in [5, 5.41) is 22.8. The van der Waals surface area contributed by atoms with Gasteiger partial charge >= 0.3 is 63.2 Å². The van der Waals surface area contributed by atoms with Gasteiger partial charge in [-0.05, 0) is 140 Å². The molecule has 662 valence electrons. The Kier molecular flexibility index (Phi) is 22.3. The van der Waals surface area contributed by atoms with Crippen LogP contribution < -0.4 is 0 Å². The maximum atomic E-state index is 4.96. The van der Waals surface area contributed by atoms with Crippen molar-refractivity contribution in [3.63, 3.8) is 0 Å². The molecule has 0 saturated carbocycles. The molecule has 0 atom stereocenters. The number of nitrogens with zero attached hydrogens (tertiary/aromatic N) is 13. The molecule has 29 rings (SSSR count). The minimum atomic E-state index is 0. The predicted molar refractivity (Wildman–Crippen MR) is 560 cm³/mol. The van der Waals surface area contributed by atoms with Crippen LogP contribution in [0, 0.1) is 36.4 Å². The number of hydrogen-bond donors (Lipinski definition) is 0. The summed E-state index contributed by atoms with van der Waals surface area (Å²) in [4.78, 5) is 28.7. The number of hydrogen-bond acceptors (Lipinski definition) is 9. The third-order valence-electron chi connectivity index (χ3n) is 25.9. The van der Waals surface area contributed by atoms with Gasteiger partial charge in [0.15, 0.2) is 0 Å². The van der Waals surface area contributed by atoms with Crippen LogP contribution in [0.1, 0.15) is 0 Å². The molecule has 0 unspecified atom stereocenters. The fourth-order valence-corrected chi connectivity index (χ4v) is 22.8. The van der Waals surface area contributed by atoms with E-state index in [0.29, 0.717) is 0 Å². The quantitative estimate of drug-likeness (QED) is 0.113. The second-order valence-corrected chi connectivity index (χ2v) is 36.6. The van der Waals surface area contributed by atoms with Gasteiger partial charge in [-0.15, -0.1) is 183 Å². The first-order valence-corrected chi connectivity index (χ1v) is 47.4. The molecular weight excluding hydrogens is 2300 g/mol. The van der Waals surface area contributed by atoms with E-state index in [4.69, 9.17) is 19.9 Å². The molecule has 139 heavy (non-hydrogen) atoms. The van der Waals surface area contributed by atoms with Crippen LogP contribution in [0.25, 0.3) is 245 Å². The van der Waals surface area contributed by atoms with Gasteiger partial charge in [-0.3, -0.25) is 28.7 Å². The van der Waals surface area contributed by atoms with Crippen molar-refractivity contribution in [2.45, 2.75) is 0 Å². The van der Waals surface area contributed by atoms with Crippen LogP contribution in [0.2, 0.25) is 0 Å². The van der Waals surface area contributed by atoms with Crippen LogP contribution in [0.3, 0.4) is 0 Å². The first-order chi connectivity index (χ1) is 67.5. The van der Waals surface area contributed by atoms with E-state index >= 15 is 0 Å². The maximum Gasteiger partial charge on any atom is 2.00 e. The molecule has 0 bridgehead atoms. The van der Waals surface area contributed by atoms with Crippen LogP contribution in [0.5, 0.6) is 0 Å². The molecule has 19 heteroatoms. The molecule has 13 heterocycles. The number of aromatic nitrogens is 13. The molecule has 0 fully saturated rings. The Morgan fingerprint density at radius 2 is 0.424 bits per heavy atom.